The molecule has 0 bridgehead atoms. The number of hydrazine groups is 1. The number of rotatable bonds is 7. The van der Waals surface area contributed by atoms with Gasteiger partial charge in [-0.3, -0.25) is 9.52 Å². The van der Waals surface area contributed by atoms with Gasteiger partial charge in [-0.1, -0.05) is 30.3 Å². The van der Waals surface area contributed by atoms with Crippen LogP contribution in [0.4, 0.5) is 22.7 Å². The van der Waals surface area contributed by atoms with E-state index in [9.17, 15) is 13.2 Å². The van der Waals surface area contributed by atoms with Crippen molar-refractivity contribution in [3.63, 3.8) is 0 Å². The Bertz CT molecular complexity index is 1450. The Morgan fingerprint density at radius 3 is 2.12 bits per heavy atom. The Hall–Kier alpha value is -4.04. The van der Waals surface area contributed by atoms with Crippen LogP contribution in [0.5, 0.6) is 0 Å². The summed E-state index contributed by atoms with van der Waals surface area (Å²) in [5.74, 6) is -0.104. The maximum Gasteiger partial charge on any atom is 0.262 e. The SMILES string of the molecule is CCN1C(=O)c2cccc3c(S(=O)(=O)Nc4ccc(NNc5ccccc5)cc4)ccc1c23. The van der Waals surface area contributed by atoms with Crippen LogP contribution in [0.15, 0.2) is 89.8 Å². The van der Waals surface area contributed by atoms with Crippen LogP contribution in [0, 0.1) is 0 Å². The van der Waals surface area contributed by atoms with Crippen molar-refractivity contribution >= 4 is 49.5 Å². The summed E-state index contributed by atoms with van der Waals surface area (Å²) in [6, 6.07) is 25.1. The van der Waals surface area contributed by atoms with Crippen molar-refractivity contribution in [3.8, 4) is 0 Å². The average Bonchev–Trinajstić information content (AvgIpc) is 3.11. The summed E-state index contributed by atoms with van der Waals surface area (Å²) in [5, 5.41) is 1.21. The van der Waals surface area contributed by atoms with E-state index in [2.05, 4.69) is 15.6 Å². The average molecular weight is 459 g/mol. The Morgan fingerprint density at radius 2 is 1.42 bits per heavy atom. The molecule has 0 atom stereocenters. The lowest BCUT2D eigenvalue weighted by atomic mass is 10.1. The molecule has 0 spiro atoms. The zero-order chi connectivity index (χ0) is 23.0. The first kappa shape index (κ1) is 20.8. The smallest absolute Gasteiger partial charge is 0.262 e. The molecule has 1 heterocycles. The maximum absolute atomic E-state index is 13.2. The summed E-state index contributed by atoms with van der Waals surface area (Å²) in [5.41, 5.74) is 9.57. The zero-order valence-corrected chi connectivity index (χ0v) is 18.7. The highest BCUT2D eigenvalue weighted by Crippen LogP contribution is 2.40. The van der Waals surface area contributed by atoms with E-state index < -0.39 is 10.0 Å². The number of nitrogens with one attached hydrogen (secondary N) is 3. The van der Waals surface area contributed by atoms with Crippen LogP contribution >= 0.6 is 0 Å². The highest BCUT2D eigenvalue weighted by Gasteiger charge is 2.31. The third kappa shape index (κ3) is 3.74. The first-order chi connectivity index (χ1) is 16.0. The quantitative estimate of drug-likeness (QED) is 0.337. The Balaban J connectivity index is 1.40. The van der Waals surface area contributed by atoms with E-state index in [-0.39, 0.29) is 10.8 Å². The highest BCUT2D eigenvalue weighted by molar-refractivity contribution is 7.93. The van der Waals surface area contributed by atoms with Gasteiger partial charge in [-0.15, -0.1) is 0 Å². The topological polar surface area (TPSA) is 90.5 Å². The Labute approximate surface area is 192 Å². The van der Waals surface area contributed by atoms with Crippen molar-refractivity contribution in [2.24, 2.45) is 0 Å². The first-order valence-electron chi connectivity index (χ1n) is 10.6. The van der Waals surface area contributed by atoms with Crippen LogP contribution in [0.2, 0.25) is 0 Å². The molecule has 0 saturated heterocycles. The van der Waals surface area contributed by atoms with Crippen LogP contribution in [0.1, 0.15) is 17.3 Å². The summed E-state index contributed by atoms with van der Waals surface area (Å²) in [6.45, 7) is 2.42. The predicted octanol–water partition coefficient (Wildman–Crippen LogP) is 5.06. The molecule has 3 N–H and O–H groups in total. The number of anilines is 4. The van der Waals surface area contributed by atoms with Gasteiger partial charge in [-0.2, -0.15) is 0 Å². The van der Waals surface area contributed by atoms with Gasteiger partial charge in [0, 0.05) is 28.6 Å². The second-order valence-corrected chi connectivity index (χ2v) is 9.31. The fourth-order valence-electron chi connectivity index (χ4n) is 4.07. The van der Waals surface area contributed by atoms with E-state index >= 15 is 0 Å². The molecule has 4 aromatic rings. The highest BCUT2D eigenvalue weighted by atomic mass is 32.2. The minimum Gasteiger partial charge on any atom is -0.308 e. The van der Waals surface area contributed by atoms with Crippen molar-refractivity contribution in [2.75, 3.05) is 27.0 Å². The summed E-state index contributed by atoms with van der Waals surface area (Å²) >= 11 is 0. The van der Waals surface area contributed by atoms with Crippen LogP contribution in [-0.2, 0) is 10.0 Å². The van der Waals surface area contributed by atoms with Gasteiger partial charge in [0.1, 0.15) is 0 Å². The normalized spacial score (nSPS) is 12.8. The molecule has 0 saturated carbocycles. The summed E-state index contributed by atoms with van der Waals surface area (Å²) in [6.07, 6.45) is 0. The molecule has 8 heteroatoms. The second-order valence-electron chi connectivity index (χ2n) is 7.66. The molecular formula is C25H22N4O3S. The van der Waals surface area contributed by atoms with Crippen LogP contribution in [-0.4, -0.2) is 20.9 Å². The largest absolute Gasteiger partial charge is 0.308 e. The Morgan fingerprint density at radius 1 is 0.758 bits per heavy atom. The molecule has 0 unspecified atom stereocenters. The van der Waals surface area contributed by atoms with Gasteiger partial charge in [0.25, 0.3) is 15.9 Å². The second kappa shape index (κ2) is 8.14. The van der Waals surface area contributed by atoms with E-state index in [1.807, 2.05) is 37.3 Å². The van der Waals surface area contributed by atoms with Gasteiger partial charge < -0.3 is 15.8 Å². The molecule has 1 aliphatic rings. The molecule has 166 valence electrons. The number of hydrogen-bond donors (Lipinski definition) is 3. The fourth-order valence-corrected chi connectivity index (χ4v) is 5.33. The van der Waals surface area contributed by atoms with Gasteiger partial charge in [0.15, 0.2) is 0 Å². The first-order valence-corrected chi connectivity index (χ1v) is 12.0. The molecule has 0 aromatic heterocycles. The minimum atomic E-state index is -3.87. The van der Waals surface area contributed by atoms with E-state index in [1.54, 1.807) is 59.5 Å². The summed E-state index contributed by atoms with van der Waals surface area (Å²) in [7, 11) is -3.87. The number of benzene rings is 4. The van der Waals surface area contributed by atoms with Gasteiger partial charge in [0.05, 0.1) is 22.0 Å². The van der Waals surface area contributed by atoms with Crippen molar-refractivity contribution < 1.29 is 13.2 Å². The molecule has 4 aromatic carbocycles. The molecule has 1 amide bonds. The molecule has 0 fully saturated rings. The zero-order valence-electron chi connectivity index (χ0n) is 17.9. The number of para-hydroxylation sites is 1. The lowest BCUT2D eigenvalue weighted by Gasteiger charge is -2.16. The van der Waals surface area contributed by atoms with Crippen molar-refractivity contribution in [1.29, 1.82) is 0 Å². The summed E-state index contributed by atoms with van der Waals surface area (Å²) in [4.78, 5) is 14.5. The fraction of sp³-hybridized carbons (Fsp3) is 0.0800. The van der Waals surface area contributed by atoms with Gasteiger partial charge in [0.2, 0.25) is 0 Å². The Kier molecular flexibility index (Phi) is 5.14. The minimum absolute atomic E-state index is 0.104. The predicted molar refractivity (Wildman–Crippen MR) is 132 cm³/mol. The van der Waals surface area contributed by atoms with Gasteiger partial charge in [-0.25, -0.2) is 8.42 Å². The molecular weight excluding hydrogens is 436 g/mol. The van der Waals surface area contributed by atoms with Crippen molar-refractivity contribution in [2.45, 2.75) is 11.8 Å². The number of carbonyl (C=O) groups is 1. The molecule has 1 aliphatic heterocycles. The van der Waals surface area contributed by atoms with Crippen molar-refractivity contribution in [3.05, 3.63) is 90.5 Å². The van der Waals surface area contributed by atoms with E-state index in [1.165, 1.54) is 0 Å². The van der Waals surface area contributed by atoms with Crippen LogP contribution in [0.3, 0.4) is 0 Å². The maximum atomic E-state index is 13.2. The number of sulfonamides is 1. The van der Waals surface area contributed by atoms with Crippen LogP contribution in [0.25, 0.3) is 10.8 Å². The number of amides is 1. The van der Waals surface area contributed by atoms with E-state index in [0.717, 1.165) is 17.1 Å². The number of nitrogens with zero attached hydrogens (tertiary/aromatic N) is 1. The lowest BCUT2D eigenvalue weighted by molar-refractivity contribution is 0.0994. The molecule has 7 nitrogen and oxygen atoms in total. The van der Waals surface area contributed by atoms with Crippen LogP contribution < -0.4 is 20.5 Å². The van der Waals surface area contributed by atoms with Gasteiger partial charge >= 0.3 is 0 Å². The third-order valence-corrected chi connectivity index (χ3v) is 7.05. The molecule has 33 heavy (non-hydrogen) atoms. The van der Waals surface area contributed by atoms with E-state index in [4.69, 9.17) is 0 Å². The molecule has 0 radical (unpaired) electrons. The number of hydrogen-bond acceptors (Lipinski definition) is 5. The van der Waals surface area contributed by atoms with Gasteiger partial charge in [-0.05, 0) is 61.5 Å². The summed E-state index contributed by atoms with van der Waals surface area (Å²) < 4.78 is 29.1. The van der Waals surface area contributed by atoms with E-state index in [0.29, 0.717) is 28.6 Å². The lowest BCUT2D eigenvalue weighted by Crippen LogP contribution is -2.25. The molecule has 5 rings (SSSR count). The standard InChI is InChI=1S/C25H22N4O3S/c1-2-29-22-15-16-23(20-9-6-10-21(24(20)22)25(29)30)33(31,32)28-19-13-11-18(12-14-19)27-26-17-7-4-3-5-8-17/h3-16,26-28H,2H2,1H3. The monoisotopic (exact) mass is 458 g/mol. The van der Waals surface area contributed by atoms with Crippen molar-refractivity contribution in [1.82, 2.24) is 0 Å². The number of carbonyl (C=O) groups excluding carboxylic acids is 1. The third-order valence-electron chi connectivity index (χ3n) is 5.61. The molecule has 0 aliphatic carbocycles.